The molecule has 1 aromatic carbocycles. The fourth-order valence-corrected chi connectivity index (χ4v) is 4.23. The zero-order chi connectivity index (χ0) is 23.2. The summed E-state index contributed by atoms with van der Waals surface area (Å²) in [6.07, 6.45) is 5.16. The molecule has 1 atom stereocenters. The summed E-state index contributed by atoms with van der Waals surface area (Å²) in [6.45, 7) is 1.51. The number of aryl methyl sites for hydroxylation is 1. The summed E-state index contributed by atoms with van der Waals surface area (Å²) < 4.78 is 5.81. The number of anilines is 2. The topological polar surface area (TPSA) is 101 Å². The van der Waals surface area contributed by atoms with Gasteiger partial charge in [-0.05, 0) is 61.6 Å². The minimum atomic E-state index is -0.257. The molecule has 2 aliphatic heterocycles. The molecule has 0 bridgehead atoms. The van der Waals surface area contributed by atoms with Crippen LogP contribution in [-0.2, 0) is 20.8 Å². The highest BCUT2D eigenvalue weighted by atomic mass is 35.5. The number of ether oxygens (including phenoxy) is 1. The number of hydrogen-bond donors (Lipinski definition) is 2. The van der Waals surface area contributed by atoms with E-state index in [4.69, 9.17) is 16.3 Å². The number of carbonyl (C=O) groups is 3. The first-order valence-electron chi connectivity index (χ1n) is 11.2. The van der Waals surface area contributed by atoms with Gasteiger partial charge in [-0.2, -0.15) is 0 Å². The highest BCUT2D eigenvalue weighted by molar-refractivity contribution is 6.30. The number of hydrogen-bond acceptors (Lipinski definition) is 5. The van der Waals surface area contributed by atoms with E-state index in [9.17, 15) is 14.4 Å². The van der Waals surface area contributed by atoms with E-state index in [0.29, 0.717) is 56.2 Å². The van der Waals surface area contributed by atoms with Crippen LogP contribution in [0.2, 0.25) is 5.02 Å². The summed E-state index contributed by atoms with van der Waals surface area (Å²) >= 11 is 5.83. The van der Waals surface area contributed by atoms with Crippen molar-refractivity contribution in [3.63, 3.8) is 0 Å². The van der Waals surface area contributed by atoms with E-state index in [2.05, 4.69) is 15.6 Å². The van der Waals surface area contributed by atoms with Gasteiger partial charge in [-0.1, -0.05) is 11.6 Å². The number of pyridine rings is 1. The van der Waals surface area contributed by atoms with Gasteiger partial charge < -0.3 is 20.3 Å². The third kappa shape index (κ3) is 6.22. The molecule has 0 spiro atoms. The molecule has 3 heterocycles. The minimum Gasteiger partial charge on any atom is -0.494 e. The Labute approximate surface area is 197 Å². The number of nitrogens with zero attached hydrogens (tertiary/aromatic N) is 2. The van der Waals surface area contributed by atoms with Crippen LogP contribution in [-0.4, -0.2) is 47.3 Å². The molecule has 0 aliphatic carbocycles. The van der Waals surface area contributed by atoms with E-state index in [1.54, 1.807) is 17.0 Å². The molecule has 33 heavy (non-hydrogen) atoms. The van der Waals surface area contributed by atoms with Gasteiger partial charge in [-0.15, -0.1) is 0 Å². The first-order chi connectivity index (χ1) is 16.0. The predicted molar refractivity (Wildman–Crippen MR) is 125 cm³/mol. The Hall–Kier alpha value is -3.13. The monoisotopic (exact) mass is 470 g/mol. The van der Waals surface area contributed by atoms with Gasteiger partial charge in [-0.25, -0.2) is 4.98 Å². The lowest BCUT2D eigenvalue weighted by Crippen LogP contribution is -2.43. The molecule has 1 unspecified atom stereocenters. The molecular weight excluding hydrogens is 444 g/mol. The third-order valence-corrected chi connectivity index (χ3v) is 6.12. The second kappa shape index (κ2) is 10.7. The van der Waals surface area contributed by atoms with Gasteiger partial charge >= 0.3 is 0 Å². The van der Waals surface area contributed by atoms with Crippen molar-refractivity contribution in [3.8, 4) is 5.75 Å². The molecule has 3 amide bonds. The fraction of sp³-hybridized carbons (Fsp3) is 0.417. The Bertz CT molecular complexity index is 1030. The molecular formula is C24H27ClN4O4. The standard InChI is InChI=1S/C24H27ClN4O4/c25-18-6-9-21(26-14-18)28-24(32)17-3-1-11-29(15-17)23(31)4-2-12-33-19-7-8-20-16(13-19)5-10-22(30)27-20/h6-9,13-14,17H,1-5,10-12,15H2,(H,27,30)(H,26,28,32). The summed E-state index contributed by atoms with van der Waals surface area (Å²) in [5.41, 5.74) is 1.90. The van der Waals surface area contributed by atoms with E-state index >= 15 is 0 Å². The number of fused-ring (bicyclic) bond motifs is 1. The maximum absolute atomic E-state index is 12.7. The highest BCUT2D eigenvalue weighted by Gasteiger charge is 2.28. The maximum atomic E-state index is 12.7. The van der Waals surface area contributed by atoms with Crippen LogP contribution >= 0.6 is 11.6 Å². The Balaban J connectivity index is 1.20. The molecule has 0 radical (unpaired) electrons. The van der Waals surface area contributed by atoms with Crippen molar-refractivity contribution >= 4 is 40.8 Å². The van der Waals surface area contributed by atoms with Crippen LogP contribution in [0.3, 0.4) is 0 Å². The second-order valence-electron chi connectivity index (χ2n) is 8.35. The lowest BCUT2D eigenvalue weighted by atomic mass is 9.96. The number of halogens is 1. The first kappa shape index (κ1) is 23.0. The predicted octanol–water partition coefficient (Wildman–Crippen LogP) is 3.66. The van der Waals surface area contributed by atoms with E-state index in [1.807, 2.05) is 18.2 Å². The number of amides is 3. The molecule has 174 valence electrons. The summed E-state index contributed by atoms with van der Waals surface area (Å²) in [5.74, 6) is 0.877. The van der Waals surface area contributed by atoms with Gasteiger partial charge in [0.2, 0.25) is 17.7 Å². The molecule has 1 saturated heterocycles. The van der Waals surface area contributed by atoms with Crippen molar-refractivity contribution < 1.29 is 19.1 Å². The Morgan fingerprint density at radius 3 is 2.94 bits per heavy atom. The van der Waals surface area contributed by atoms with E-state index in [1.165, 1.54) is 6.20 Å². The van der Waals surface area contributed by atoms with Crippen LogP contribution in [0.5, 0.6) is 5.75 Å². The summed E-state index contributed by atoms with van der Waals surface area (Å²) in [6, 6.07) is 8.95. The van der Waals surface area contributed by atoms with Crippen LogP contribution in [0.1, 0.15) is 37.7 Å². The molecule has 2 aromatic rings. The van der Waals surface area contributed by atoms with Crippen molar-refractivity contribution in [1.29, 1.82) is 0 Å². The number of piperidine rings is 1. The van der Waals surface area contributed by atoms with Gasteiger partial charge in [0.1, 0.15) is 11.6 Å². The number of benzene rings is 1. The summed E-state index contributed by atoms with van der Waals surface area (Å²) in [5, 5.41) is 6.16. The molecule has 2 aliphatic rings. The molecule has 1 fully saturated rings. The smallest absolute Gasteiger partial charge is 0.230 e. The van der Waals surface area contributed by atoms with Gasteiger partial charge in [0.25, 0.3) is 0 Å². The Kier molecular flexibility index (Phi) is 7.44. The lowest BCUT2D eigenvalue weighted by Gasteiger charge is -2.32. The average molecular weight is 471 g/mol. The quantitative estimate of drug-likeness (QED) is 0.601. The average Bonchev–Trinajstić information content (AvgIpc) is 2.83. The van der Waals surface area contributed by atoms with Crippen molar-refractivity contribution in [2.24, 2.45) is 5.92 Å². The van der Waals surface area contributed by atoms with E-state index < -0.39 is 0 Å². The second-order valence-corrected chi connectivity index (χ2v) is 8.79. The molecule has 2 N–H and O–H groups in total. The SMILES string of the molecule is O=C1CCc2cc(OCCCC(=O)N3CCCC(C(=O)Nc4ccc(Cl)cn4)C3)ccc2N1. The normalized spacial score (nSPS) is 17.7. The summed E-state index contributed by atoms with van der Waals surface area (Å²) in [7, 11) is 0. The van der Waals surface area contributed by atoms with Crippen LogP contribution < -0.4 is 15.4 Å². The van der Waals surface area contributed by atoms with E-state index in [-0.39, 0.29) is 23.6 Å². The van der Waals surface area contributed by atoms with Crippen LogP contribution in [0.15, 0.2) is 36.5 Å². The number of likely N-dealkylation sites (tertiary alicyclic amines) is 1. The van der Waals surface area contributed by atoms with Gasteiger partial charge in [-0.3, -0.25) is 14.4 Å². The van der Waals surface area contributed by atoms with Gasteiger partial charge in [0.05, 0.1) is 17.5 Å². The molecule has 4 rings (SSSR count). The maximum Gasteiger partial charge on any atom is 0.230 e. The number of rotatable bonds is 7. The van der Waals surface area contributed by atoms with Crippen molar-refractivity contribution in [1.82, 2.24) is 9.88 Å². The molecule has 8 nitrogen and oxygen atoms in total. The first-order valence-corrected chi connectivity index (χ1v) is 11.6. The van der Waals surface area contributed by atoms with Crippen LogP contribution in [0.25, 0.3) is 0 Å². The summed E-state index contributed by atoms with van der Waals surface area (Å²) in [4.78, 5) is 42.6. The van der Waals surface area contributed by atoms with Gasteiger partial charge in [0, 0.05) is 37.8 Å². The zero-order valence-corrected chi connectivity index (χ0v) is 19.1. The Morgan fingerprint density at radius 1 is 1.24 bits per heavy atom. The lowest BCUT2D eigenvalue weighted by molar-refractivity contribution is -0.134. The fourth-order valence-electron chi connectivity index (χ4n) is 4.12. The van der Waals surface area contributed by atoms with E-state index in [0.717, 1.165) is 29.8 Å². The van der Waals surface area contributed by atoms with Crippen LogP contribution in [0, 0.1) is 5.92 Å². The van der Waals surface area contributed by atoms with Crippen LogP contribution in [0.4, 0.5) is 11.5 Å². The number of aromatic nitrogens is 1. The largest absolute Gasteiger partial charge is 0.494 e. The number of nitrogens with one attached hydrogen (secondary N) is 2. The molecule has 0 saturated carbocycles. The van der Waals surface area contributed by atoms with Crippen molar-refractivity contribution in [3.05, 3.63) is 47.1 Å². The highest BCUT2D eigenvalue weighted by Crippen LogP contribution is 2.27. The van der Waals surface area contributed by atoms with Crippen molar-refractivity contribution in [2.45, 2.75) is 38.5 Å². The van der Waals surface area contributed by atoms with Gasteiger partial charge in [0.15, 0.2) is 0 Å². The van der Waals surface area contributed by atoms with Crippen molar-refractivity contribution in [2.75, 3.05) is 30.3 Å². The number of carbonyl (C=O) groups excluding carboxylic acids is 3. The zero-order valence-electron chi connectivity index (χ0n) is 18.3. The minimum absolute atomic E-state index is 0.0359. The molecule has 9 heteroatoms. The molecule has 1 aromatic heterocycles. The Morgan fingerprint density at radius 2 is 2.12 bits per heavy atom. The third-order valence-electron chi connectivity index (χ3n) is 5.90.